The van der Waals surface area contributed by atoms with Gasteiger partial charge in [-0.25, -0.2) is 0 Å². The summed E-state index contributed by atoms with van der Waals surface area (Å²) in [5.74, 6) is 0.964. The molecule has 2 aromatic carbocycles. The molecule has 0 N–H and O–H groups in total. The van der Waals surface area contributed by atoms with Crippen LogP contribution in [0.25, 0.3) is 0 Å². The van der Waals surface area contributed by atoms with Gasteiger partial charge in [0.1, 0.15) is 17.4 Å². The molecule has 0 spiro atoms. The normalized spacial score (nSPS) is 16.8. The van der Waals surface area contributed by atoms with Crippen LogP contribution in [0.4, 0.5) is 0 Å². The Morgan fingerprint density at radius 1 is 0.800 bits per heavy atom. The summed E-state index contributed by atoms with van der Waals surface area (Å²) in [6.07, 6.45) is 2.03. The van der Waals surface area contributed by atoms with Crippen LogP contribution in [0.2, 0.25) is 0 Å². The van der Waals surface area contributed by atoms with Gasteiger partial charge in [0.05, 0.1) is 6.61 Å². The standard InChI is InChI=1S/C32H46O3/c1-12-34-23-15-13-21(14-16-23)26-24-17-22(31(8,9)19-29(2,3)4)18-25(27(24)35-28(26)33)32(10,11)20-30(5,6)7/h13-18,26H,12,19-20H2,1-11H3. The third kappa shape index (κ3) is 6.29. The van der Waals surface area contributed by atoms with E-state index in [2.05, 4.69) is 81.4 Å². The summed E-state index contributed by atoms with van der Waals surface area (Å²) in [6.45, 7) is 25.5. The third-order valence-electron chi connectivity index (χ3n) is 6.85. The van der Waals surface area contributed by atoms with Crippen LogP contribution >= 0.6 is 0 Å². The molecule has 0 aromatic heterocycles. The van der Waals surface area contributed by atoms with E-state index in [1.165, 1.54) is 5.56 Å². The molecule has 0 fully saturated rings. The van der Waals surface area contributed by atoms with Crippen LogP contribution in [0.3, 0.4) is 0 Å². The molecule has 0 amide bonds. The molecule has 35 heavy (non-hydrogen) atoms. The van der Waals surface area contributed by atoms with E-state index < -0.39 is 5.92 Å². The highest BCUT2D eigenvalue weighted by Crippen LogP contribution is 2.50. The Kier molecular flexibility index (Phi) is 7.25. The van der Waals surface area contributed by atoms with Gasteiger partial charge in [-0.05, 0) is 64.7 Å². The second kappa shape index (κ2) is 9.30. The molecule has 3 heteroatoms. The molecule has 0 aliphatic carbocycles. The van der Waals surface area contributed by atoms with Gasteiger partial charge in [0.25, 0.3) is 0 Å². The lowest BCUT2D eigenvalue weighted by Gasteiger charge is -2.37. The number of fused-ring (bicyclic) bond motifs is 1. The van der Waals surface area contributed by atoms with Gasteiger partial charge in [0.15, 0.2) is 0 Å². The molecule has 1 atom stereocenters. The third-order valence-corrected chi connectivity index (χ3v) is 6.85. The molecule has 2 aromatic rings. The van der Waals surface area contributed by atoms with Gasteiger partial charge < -0.3 is 9.47 Å². The second-order valence-electron chi connectivity index (χ2n) is 14.0. The molecule has 0 saturated heterocycles. The summed E-state index contributed by atoms with van der Waals surface area (Å²) < 4.78 is 11.7. The van der Waals surface area contributed by atoms with Gasteiger partial charge in [-0.1, -0.05) is 93.5 Å². The number of ether oxygens (including phenoxy) is 2. The SMILES string of the molecule is CCOc1ccc(C2C(=O)Oc3c2cc(C(C)(C)CC(C)(C)C)cc3C(C)(C)CC(C)(C)C)cc1. The number of esters is 1. The minimum atomic E-state index is -0.421. The van der Waals surface area contributed by atoms with Crippen LogP contribution in [-0.4, -0.2) is 12.6 Å². The van der Waals surface area contributed by atoms with Gasteiger partial charge in [-0.3, -0.25) is 4.79 Å². The molecule has 3 rings (SSSR count). The highest BCUT2D eigenvalue weighted by molar-refractivity contribution is 5.90. The highest BCUT2D eigenvalue weighted by Gasteiger charge is 2.42. The van der Waals surface area contributed by atoms with Crippen molar-refractivity contribution in [1.82, 2.24) is 0 Å². The van der Waals surface area contributed by atoms with Gasteiger partial charge in [-0.2, -0.15) is 0 Å². The second-order valence-corrected chi connectivity index (χ2v) is 14.0. The summed E-state index contributed by atoms with van der Waals surface area (Å²) in [7, 11) is 0. The number of hydrogen-bond donors (Lipinski definition) is 0. The first-order chi connectivity index (χ1) is 15.9. The molecule has 3 nitrogen and oxygen atoms in total. The fourth-order valence-electron chi connectivity index (χ4n) is 6.25. The molecule has 0 saturated carbocycles. The molecular formula is C32H46O3. The Balaban J connectivity index is 2.21. The molecule has 1 heterocycles. The summed E-state index contributed by atoms with van der Waals surface area (Å²) in [4.78, 5) is 13.3. The highest BCUT2D eigenvalue weighted by atomic mass is 16.5. The predicted octanol–water partition coefficient (Wildman–Crippen LogP) is 8.56. The summed E-state index contributed by atoms with van der Waals surface area (Å²) in [6, 6.07) is 12.5. The van der Waals surface area contributed by atoms with Crippen molar-refractivity contribution in [3.8, 4) is 11.5 Å². The van der Waals surface area contributed by atoms with Crippen molar-refractivity contribution < 1.29 is 14.3 Å². The van der Waals surface area contributed by atoms with Crippen molar-refractivity contribution in [3.63, 3.8) is 0 Å². The zero-order chi connectivity index (χ0) is 26.4. The Labute approximate surface area is 213 Å². The number of hydrogen-bond acceptors (Lipinski definition) is 3. The van der Waals surface area contributed by atoms with Crippen molar-refractivity contribution in [1.29, 1.82) is 0 Å². The van der Waals surface area contributed by atoms with Crippen molar-refractivity contribution in [2.45, 2.75) is 106 Å². The average Bonchev–Trinajstić information content (AvgIpc) is 3.00. The van der Waals surface area contributed by atoms with Crippen LogP contribution < -0.4 is 9.47 Å². The number of benzene rings is 2. The zero-order valence-electron chi connectivity index (χ0n) is 23.9. The number of carbonyl (C=O) groups excluding carboxylic acids is 1. The van der Waals surface area contributed by atoms with E-state index >= 15 is 0 Å². The molecule has 0 radical (unpaired) electrons. The minimum Gasteiger partial charge on any atom is -0.494 e. The van der Waals surface area contributed by atoms with Crippen LogP contribution in [0, 0.1) is 10.8 Å². The lowest BCUT2D eigenvalue weighted by Crippen LogP contribution is -2.28. The molecular weight excluding hydrogens is 432 g/mol. The quantitative estimate of drug-likeness (QED) is 0.295. The van der Waals surface area contributed by atoms with Gasteiger partial charge in [-0.15, -0.1) is 0 Å². The molecule has 1 aliphatic heterocycles. The fraction of sp³-hybridized carbons (Fsp3) is 0.594. The zero-order valence-corrected chi connectivity index (χ0v) is 23.9. The van der Waals surface area contributed by atoms with Crippen LogP contribution in [0.5, 0.6) is 11.5 Å². The van der Waals surface area contributed by atoms with Crippen LogP contribution in [-0.2, 0) is 15.6 Å². The average molecular weight is 479 g/mol. The van der Waals surface area contributed by atoms with E-state index in [-0.39, 0.29) is 27.6 Å². The molecule has 0 bridgehead atoms. The van der Waals surface area contributed by atoms with Gasteiger partial charge in [0.2, 0.25) is 0 Å². The molecule has 192 valence electrons. The number of rotatable bonds is 7. The van der Waals surface area contributed by atoms with Crippen molar-refractivity contribution in [2.75, 3.05) is 6.61 Å². The first kappa shape index (κ1) is 27.3. The Hall–Kier alpha value is -2.29. The summed E-state index contributed by atoms with van der Waals surface area (Å²) in [5, 5.41) is 0. The van der Waals surface area contributed by atoms with Gasteiger partial charge in [0, 0.05) is 11.1 Å². The summed E-state index contributed by atoms with van der Waals surface area (Å²) >= 11 is 0. The fourth-order valence-corrected chi connectivity index (χ4v) is 6.25. The van der Waals surface area contributed by atoms with Crippen molar-refractivity contribution >= 4 is 5.97 Å². The number of carbonyl (C=O) groups is 1. The topological polar surface area (TPSA) is 35.5 Å². The minimum absolute atomic E-state index is 0.0468. The van der Waals surface area contributed by atoms with Crippen molar-refractivity contribution in [3.05, 3.63) is 58.7 Å². The van der Waals surface area contributed by atoms with E-state index in [9.17, 15) is 4.79 Å². The molecule has 1 unspecified atom stereocenters. The Morgan fingerprint density at radius 2 is 1.34 bits per heavy atom. The van der Waals surface area contributed by atoms with Crippen molar-refractivity contribution in [2.24, 2.45) is 10.8 Å². The summed E-state index contributed by atoms with van der Waals surface area (Å²) in [5.41, 5.74) is 4.49. The maximum Gasteiger partial charge on any atom is 0.323 e. The van der Waals surface area contributed by atoms with Crippen LogP contribution in [0.1, 0.15) is 117 Å². The predicted molar refractivity (Wildman–Crippen MR) is 146 cm³/mol. The smallest absolute Gasteiger partial charge is 0.323 e. The maximum atomic E-state index is 13.3. The van der Waals surface area contributed by atoms with E-state index in [0.717, 1.165) is 41.0 Å². The lowest BCUT2D eigenvalue weighted by molar-refractivity contribution is -0.133. The van der Waals surface area contributed by atoms with Crippen LogP contribution in [0.15, 0.2) is 36.4 Å². The first-order valence-electron chi connectivity index (χ1n) is 13.1. The van der Waals surface area contributed by atoms with E-state index in [1.54, 1.807) is 0 Å². The maximum absolute atomic E-state index is 13.3. The Morgan fingerprint density at radius 3 is 1.86 bits per heavy atom. The van der Waals surface area contributed by atoms with Gasteiger partial charge >= 0.3 is 5.97 Å². The van der Waals surface area contributed by atoms with E-state index in [4.69, 9.17) is 9.47 Å². The monoisotopic (exact) mass is 478 g/mol. The first-order valence-corrected chi connectivity index (χ1v) is 13.1. The Bertz CT molecular complexity index is 1060. The van der Waals surface area contributed by atoms with E-state index in [0.29, 0.717) is 6.61 Å². The largest absolute Gasteiger partial charge is 0.494 e. The lowest BCUT2D eigenvalue weighted by atomic mass is 9.67. The van der Waals surface area contributed by atoms with E-state index in [1.807, 2.05) is 31.2 Å². The molecule has 1 aliphatic rings.